The van der Waals surface area contributed by atoms with Crippen molar-refractivity contribution in [2.24, 2.45) is 0 Å². The summed E-state index contributed by atoms with van der Waals surface area (Å²) < 4.78 is 2.51. The molecule has 1 aromatic heterocycles. The highest BCUT2D eigenvalue weighted by Crippen LogP contribution is 2.21. The molecule has 152 valence electrons. The maximum Gasteiger partial charge on any atom is 0.336 e. The van der Waals surface area contributed by atoms with E-state index in [4.69, 9.17) is 11.6 Å². The first-order chi connectivity index (χ1) is 13.9. The minimum atomic E-state index is -0.758. The number of nitrogens with zero attached hydrogens (tertiary/aromatic N) is 2. The van der Waals surface area contributed by atoms with Crippen LogP contribution in [0.1, 0.15) is 38.3 Å². The highest BCUT2D eigenvalue weighted by molar-refractivity contribution is 6.31. The molecule has 2 aromatic carbocycles. The number of hydrogen-bond acceptors (Lipinski definition) is 3. The topological polar surface area (TPSA) is 73.1 Å². The molecule has 3 rings (SSSR count). The van der Waals surface area contributed by atoms with Gasteiger partial charge in [-0.1, -0.05) is 37.6 Å². The summed E-state index contributed by atoms with van der Waals surface area (Å²) in [7, 11) is 0. The second-order valence-corrected chi connectivity index (χ2v) is 7.45. The van der Waals surface area contributed by atoms with Gasteiger partial charge in [-0.05, 0) is 55.7 Å². The molecule has 0 radical (unpaired) electrons. The second kappa shape index (κ2) is 8.66. The molecule has 0 bridgehead atoms. The zero-order valence-electron chi connectivity index (χ0n) is 16.7. The van der Waals surface area contributed by atoms with Crippen LogP contribution < -0.4 is 16.6 Å². The maximum absolute atomic E-state index is 13.5. The number of carbonyl (C=O) groups is 1. The fourth-order valence-electron chi connectivity index (χ4n) is 3.45. The van der Waals surface area contributed by atoms with Gasteiger partial charge in [0.2, 0.25) is 5.91 Å². The average molecular weight is 414 g/mol. The molecule has 3 aromatic rings. The number of amides is 1. The fourth-order valence-corrected chi connectivity index (χ4v) is 3.62. The number of nitrogens with one attached hydrogen (secondary N) is 1. The van der Waals surface area contributed by atoms with Crippen LogP contribution in [0.2, 0.25) is 5.02 Å². The number of halogens is 1. The Kier molecular flexibility index (Phi) is 6.23. The number of carbonyl (C=O) groups excluding carboxylic acids is 1. The van der Waals surface area contributed by atoms with E-state index in [1.54, 1.807) is 36.4 Å². The minimum Gasteiger partial charge on any atom is -0.354 e. The number of rotatable bonds is 6. The van der Waals surface area contributed by atoms with E-state index < -0.39 is 17.3 Å². The lowest BCUT2D eigenvalue weighted by molar-refractivity contribution is -0.124. The van der Waals surface area contributed by atoms with Crippen molar-refractivity contribution < 1.29 is 4.79 Å². The van der Waals surface area contributed by atoms with Crippen molar-refractivity contribution in [3.63, 3.8) is 0 Å². The van der Waals surface area contributed by atoms with E-state index in [1.165, 1.54) is 4.57 Å². The predicted molar refractivity (Wildman–Crippen MR) is 116 cm³/mol. The zero-order chi connectivity index (χ0) is 21.1. The van der Waals surface area contributed by atoms with Gasteiger partial charge in [-0.15, -0.1) is 0 Å². The molecule has 0 saturated heterocycles. The number of fused-ring (bicyclic) bond motifs is 1. The van der Waals surface area contributed by atoms with Crippen molar-refractivity contribution >= 4 is 28.4 Å². The Balaban J connectivity index is 2.38. The number of aryl methyl sites for hydroxylation is 1. The smallest absolute Gasteiger partial charge is 0.336 e. The fraction of sp³-hybridized carbons (Fsp3) is 0.318. The molecule has 0 aliphatic rings. The van der Waals surface area contributed by atoms with Crippen molar-refractivity contribution in [3.05, 3.63) is 73.9 Å². The zero-order valence-corrected chi connectivity index (χ0v) is 17.5. The molecule has 7 heteroatoms. The number of benzene rings is 2. The van der Waals surface area contributed by atoms with Gasteiger partial charge in [0, 0.05) is 11.6 Å². The molecule has 0 fully saturated rings. The van der Waals surface area contributed by atoms with E-state index in [0.717, 1.165) is 16.6 Å². The Hall–Kier alpha value is -2.86. The molecular formula is C22H24ClN3O3. The first-order valence-electron chi connectivity index (χ1n) is 9.70. The Morgan fingerprint density at radius 3 is 2.55 bits per heavy atom. The molecule has 1 unspecified atom stereocenters. The summed E-state index contributed by atoms with van der Waals surface area (Å²) in [5, 5.41) is 3.57. The molecule has 0 aliphatic carbocycles. The lowest BCUT2D eigenvalue weighted by Crippen LogP contribution is -2.44. The van der Waals surface area contributed by atoms with E-state index in [-0.39, 0.29) is 5.91 Å². The first-order valence-corrected chi connectivity index (χ1v) is 10.1. The highest BCUT2D eigenvalue weighted by atomic mass is 35.5. The lowest BCUT2D eigenvalue weighted by Gasteiger charge is -2.21. The van der Waals surface area contributed by atoms with E-state index in [1.807, 2.05) is 26.8 Å². The van der Waals surface area contributed by atoms with E-state index in [0.29, 0.717) is 34.6 Å². The van der Waals surface area contributed by atoms with Crippen LogP contribution in [-0.4, -0.2) is 21.6 Å². The third kappa shape index (κ3) is 3.98. The van der Waals surface area contributed by atoms with Gasteiger partial charge in [-0.3, -0.25) is 14.2 Å². The maximum atomic E-state index is 13.5. The molecular weight excluding hydrogens is 390 g/mol. The van der Waals surface area contributed by atoms with Crippen molar-refractivity contribution in [3.8, 4) is 5.69 Å². The van der Waals surface area contributed by atoms with Crippen molar-refractivity contribution in [2.75, 3.05) is 6.54 Å². The molecule has 0 spiro atoms. The van der Waals surface area contributed by atoms with Gasteiger partial charge in [0.1, 0.15) is 6.04 Å². The van der Waals surface area contributed by atoms with Gasteiger partial charge in [0.15, 0.2) is 0 Å². The molecule has 1 heterocycles. The average Bonchev–Trinajstić information content (AvgIpc) is 2.69. The Bertz CT molecular complexity index is 1180. The third-order valence-electron chi connectivity index (χ3n) is 4.86. The van der Waals surface area contributed by atoms with Crippen LogP contribution >= 0.6 is 11.6 Å². The molecule has 1 N–H and O–H groups in total. The highest BCUT2D eigenvalue weighted by Gasteiger charge is 2.25. The molecule has 1 atom stereocenters. The van der Waals surface area contributed by atoms with Crippen LogP contribution in [0.4, 0.5) is 0 Å². The van der Waals surface area contributed by atoms with E-state index in [9.17, 15) is 14.4 Å². The Labute approximate surface area is 173 Å². The van der Waals surface area contributed by atoms with Crippen molar-refractivity contribution in [1.29, 1.82) is 0 Å². The monoisotopic (exact) mass is 413 g/mol. The van der Waals surface area contributed by atoms with Crippen LogP contribution in [0.15, 0.2) is 52.1 Å². The van der Waals surface area contributed by atoms with Crippen molar-refractivity contribution in [2.45, 2.75) is 39.7 Å². The van der Waals surface area contributed by atoms with Crippen LogP contribution in [0.5, 0.6) is 0 Å². The van der Waals surface area contributed by atoms with Gasteiger partial charge in [0.05, 0.1) is 16.6 Å². The van der Waals surface area contributed by atoms with Gasteiger partial charge in [-0.25, -0.2) is 9.36 Å². The van der Waals surface area contributed by atoms with Crippen LogP contribution in [0.3, 0.4) is 0 Å². The summed E-state index contributed by atoms with van der Waals surface area (Å²) in [5.74, 6) is -0.257. The standard InChI is InChI=1S/C22H24ClN3O3/c1-4-11-24-20(27)18(5-2)26-19-13-15(23)9-10-17(19)21(28)25(22(26)29)16-8-6-7-14(3)12-16/h6-10,12-13,18H,4-5,11H2,1-3H3,(H,24,27). The van der Waals surface area contributed by atoms with E-state index >= 15 is 0 Å². The summed E-state index contributed by atoms with van der Waals surface area (Å²) in [6.07, 6.45) is 1.18. The van der Waals surface area contributed by atoms with Gasteiger partial charge in [-0.2, -0.15) is 0 Å². The van der Waals surface area contributed by atoms with Crippen LogP contribution in [0.25, 0.3) is 16.6 Å². The van der Waals surface area contributed by atoms with Gasteiger partial charge >= 0.3 is 5.69 Å². The van der Waals surface area contributed by atoms with Gasteiger partial charge < -0.3 is 5.32 Å². The Morgan fingerprint density at radius 1 is 1.14 bits per heavy atom. The Morgan fingerprint density at radius 2 is 1.90 bits per heavy atom. The molecule has 29 heavy (non-hydrogen) atoms. The van der Waals surface area contributed by atoms with E-state index in [2.05, 4.69) is 5.32 Å². The van der Waals surface area contributed by atoms with Gasteiger partial charge in [0.25, 0.3) is 5.56 Å². The summed E-state index contributed by atoms with van der Waals surface area (Å²) in [4.78, 5) is 39.5. The summed E-state index contributed by atoms with van der Waals surface area (Å²) in [6, 6.07) is 11.2. The minimum absolute atomic E-state index is 0.257. The van der Waals surface area contributed by atoms with Crippen molar-refractivity contribution in [1.82, 2.24) is 14.5 Å². The second-order valence-electron chi connectivity index (χ2n) is 7.01. The summed E-state index contributed by atoms with van der Waals surface area (Å²) >= 11 is 6.16. The third-order valence-corrected chi connectivity index (χ3v) is 5.10. The van der Waals surface area contributed by atoms with Crippen LogP contribution in [-0.2, 0) is 4.79 Å². The SMILES string of the molecule is CCCNC(=O)C(CC)n1c(=O)n(-c2cccc(C)c2)c(=O)c2ccc(Cl)cc21. The molecule has 1 amide bonds. The molecule has 0 saturated carbocycles. The molecule has 6 nitrogen and oxygen atoms in total. The summed E-state index contributed by atoms with van der Waals surface area (Å²) in [5.41, 5.74) is 0.745. The normalized spacial score (nSPS) is 12.1. The lowest BCUT2D eigenvalue weighted by atomic mass is 10.1. The number of aromatic nitrogens is 2. The largest absolute Gasteiger partial charge is 0.354 e. The number of hydrogen-bond donors (Lipinski definition) is 1. The van der Waals surface area contributed by atoms with Crippen LogP contribution in [0, 0.1) is 6.92 Å². The molecule has 0 aliphatic heterocycles. The summed E-state index contributed by atoms with van der Waals surface area (Å²) in [6.45, 7) is 6.20. The first kappa shape index (κ1) is 20.9. The quantitative estimate of drug-likeness (QED) is 0.671. The predicted octanol–water partition coefficient (Wildman–Crippen LogP) is 3.59.